The highest BCUT2D eigenvalue weighted by Gasteiger charge is 2.52. The molecule has 2 aliphatic rings. The van der Waals surface area contributed by atoms with Gasteiger partial charge in [0.15, 0.2) is 0 Å². The fraction of sp³-hybridized carbons (Fsp3) is 0.667. The average molecular weight is 259 g/mol. The Morgan fingerprint density at radius 3 is 2.32 bits per heavy atom. The van der Waals surface area contributed by atoms with E-state index in [1.807, 2.05) is 6.20 Å². The molecule has 19 heavy (non-hydrogen) atoms. The van der Waals surface area contributed by atoms with Gasteiger partial charge in [-0.2, -0.15) is 0 Å². The lowest BCUT2D eigenvalue weighted by Crippen LogP contribution is -2.41. The van der Waals surface area contributed by atoms with Crippen molar-refractivity contribution < 1.29 is 9.31 Å². The van der Waals surface area contributed by atoms with E-state index in [0.29, 0.717) is 5.92 Å². The van der Waals surface area contributed by atoms with Crippen molar-refractivity contribution in [3.63, 3.8) is 0 Å². The van der Waals surface area contributed by atoms with Crippen LogP contribution in [0.25, 0.3) is 0 Å². The second-order valence-corrected chi connectivity index (χ2v) is 6.73. The van der Waals surface area contributed by atoms with Crippen molar-refractivity contribution in [1.82, 2.24) is 4.98 Å². The third kappa shape index (κ3) is 2.21. The van der Waals surface area contributed by atoms with Crippen LogP contribution in [0, 0.1) is 0 Å². The highest BCUT2D eigenvalue weighted by Crippen LogP contribution is 2.38. The molecule has 3 rings (SSSR count). The number of nitrogens with zero attached hydrogens (tertiary/aromatic N) is 1. The molecule has 0 aromatic carbocycles. The summed E-state index contributed by atoms with van der Waals surface area (Å²) in [7, 11) is -0.343. The Hall–Kier alpha value is -0.865. The molecule has 0 N–H and O–H groups in total. The Balaban J connectivity index is 1.83. The summed E-state index contributed by atoms with van der Waals surface area (Å²) in [5.74, 6) is 0.712. The predicted octanol–water partition coefficient (Wildman–Crippen LogP) is 2.65. The lowest BCUT2D eigenvalue weighted by atomic mass is 9.77. The normalized spacial score (nSPS) is 25.4. The molecule has 1 aromatic rings. The number of hydrogen-bond donors (Lipinski definition) is 0. The van der Waals surface area contributed by atoms with Crippen molar-refractivity contribution in [1.29, 1.82) is 0 Å². The van der Waals surface area contributed by atoms with E-state index in [2.05, 4.69) is 44.8 Å². The van der Waals surface area contributed by atoms with Gasteiger partial charge in [-0.1, -0.05) is 6.42 Å². The molecule has 2 heterocycles. The molecule has 1 saturated carbocycles. The monoisotopic (exact) mass is 259 g/mol. The third-order valence-electron chi connectivity index (χ3n) is 4.88. The molecule has 4 heteroatoms. The van der Waals surface area contributed by atoms with Gasteiger partial charge in [-0.15, -0.1) is 0 Å². The highest BCUT2D eigenvalue weighted by molar-refractivity contribution is 6.61. The van der Waals surface area contributed by atoms with Crippen LogP contribution >= 0.6 is 0 Å². The summed E-state index contributed by atoms with van der Waals surface area (Å²) in [4.78, 5) is 4.44. The number of aromatic nitrogens is 1. The van der Waals surface area contributed by atoms with E-state index < -0.39 is 0 Å². The SMILES string of the molecule is CC1(C)OB(c2cc(C3CCC3)ccn2)OC1(C)C. The van der Waals surface area contributed by atoms with E-state index in [0.717, 1.165) is 5.59 Å². The van der Waals surface area contributed by atoms with Crippen molar-refractivity contribution in [2.45, 2.75) is 64.1 Å². The molecule has 1 aliphatic heterocycles. The molecule has 0 radical (unpaired) electrons. The van der Waals surface area contributed by atoms with Crippen LogP contribution in [0.15, 0.2) is 18.3 Å². The van der Waals surface area contributed by atoms with Crippen LogP contribution in [0.5, 0.6) is 0 Å². The highest BCUT2D eigenvalue weighted by atomic mass is 16.7. The van der Waals surface area contributed by atoms with Gasteiger partial charge in [0.05, 0.1) is 16.8 Å². The first kappa shape index (κ1) is 13.1. The number of pyridine rings is 1. The minimum atomic E-state index is -0.343. The summed E-state index contributed by atoms with van der Waals surface area (Å²) < 4.78 is 12.1. The van der Waals surface area contributed by atoms with E-state index >= 15 is 0 Å². The minimum Gasteiger partial charge on any atom is -0.398 e. The van der Waals surface area contributed by atoms with Crippen LogP contribution in [-0.2, 0) is 9.31 Å². The van der Waals surface area contributed by atoms with Crippen LogP contribution in [0.3, 0.4) is 0 Å². The summed E-state index contributed by atoms with van der Waals surface area (Å²) in [6.07, 6.45) is 5.83. The Kier molecular flexibility index (Phi) is 2.99. The van der Waals surface area contributed by atoms with Crippen LogP contribution in [0.4, 0.5) is 0 Å². The zero-order chi connectivity index (χ0) is 13.7. The minimum absolute atomic E-state index is 0.300. The molecule has 0 unspecified atom stereocenters. The van der Waals surface area contributed by atoms with Gasteiger partial charge >= 0.3 is 7.12 Å². The fourth-order valence-electron chi connectivity index (χ4n) is 2.55. The Bertz CT molecular complexity index is 467. The summed E-state index contributed by atoms with van der Waals surface area (Å²) in [5, 5.41) is 0. The molecule has 1 aromatic heterocycles. The van der Waals surface area contributed by atoms with Gasteiger partial charge < -0.3 is 9.31 Å². The summed E-state index contributed by atoms with van der Waals surface area (Å²) in [5.41, 5.74) is 1.69. The predicted molar refractivity (Wildman–Crippen MR) is 76.5 cm³/mol. The lowest BCUT2D eigenvalue weighted by Gasteiger charge is -2.32. The molecule has 0 atom stereocenters. The quantitative estimate of drug-likeness (QED) is 0.765. The van der Waals surface area contributed by atoms with Gasteiger partial charge in [0.1, 0.15) is 0 Å². The van der Waals surface area contributed by atoms with E-state index in [1.54, 1.807) is 0 Å². The fourth-order valence-corrected chi connectivity index (χ4v) is 2.55. The number of hydrogen-bond acceptors (Lipinski definition) is 3. The lowest BCUT2D eigenvalue weighted by molar-refractivity contribution is 0.00578. The van der Waals surface area contributed by atoms with E-state index in [1.165, 1.54) is 24.8 Å². The molecular weight excluding hydrogens is 237 g/mol. The topological polar surface area (TPSA) is 31.4 Å². The number of rotatable bonds is 2. The smallest absolute Gasteiger partial charge is 0.398 e. The summed E-state index contributed by atoms with van der Waals surface area (Å²) in [6, 6.07) is 4.28. The molecule has 102 valence electrons. The molecule has 3 nitrogen and oxygen atoms in total. The molecule has 0 bridgehead atoms. The average Bonchev–Trinajstić information content (AvgIpc) is 2.46. The van der Waals surface area contributed by atoms with E-state index in [9.17, 15) is 0 Å². The van der Waals surface area contributed by atoms with Crippen molar-refractivity contribution in [2.24, 2.45) is 0 Å². The first-order chi connectivity index (χ1) is 8.89. The Morgan fingerprint density at radius 1 is 1.16 bits per heavy atom. The van der Waals surface area contributed by atoms with Crippen LogP contribution in [0.2, 0.25) is 0 Å². The molecule has 1 saturated heterocycles. The zero-order valence-electron chi connectivity index (χ0n) is 12.3. The largest absolute Gasteiger partial charge is 0.514 e. The van der Waals surface area contributed by atoms with Gasteiger partial charge in [-0.05, 0) is 64.2 Å². The van der Waals surface area contributed by atoms with Gasteiger partial charge in [0.2, 0.25) is 0 Å². The Labute approximate surface area is 115 Å². The molecule has 0 amide bonds. The molecular formula is C15H22BNO2. The standard InChI is InChI=1S/C15H22BNO2/c1-14(2)15(3,4)19-16(18-14)13-10-12(8-9-17-13)11-6-5-7-11/h8-11H,5-7H2,1-4H3. The second kappa shape index (κ2) is 4.32. The third-order valence-corrected chi connectivity index (χ3v) is 4.88. The van der Waals surface area contributed by atoms with Gasteiger partial charge in [0.25, 0.3) is 0 Å². The van der Waals surface area contributed by atoms with Crippen LogP contribution in [-0.4, -0.2) is 23.3 Å². The van der Waals surface area contributed by atoms with Gasteiger partial charge in [-0.25, -0.2) is 0 Å². The van der Waals surface area contributed by atoms with Crippen molar-refractivity contribution in [3.8, 4) is 0 Å². The maximum absolute atomic E-state index is 6.05. The van der Waals surface area contributed by atoms with Crippen LogP contribution < -0.4 is 5.59 Å². The first-order valence-electron chi connectivity index (χ1n) is 7.20. The molecule has 0 spiro atoms. The van der Waals surface area contributed by atoms with Gasteiger partial charge in [-0.3, -0.25) is 4.98 Å². The van der Waals surface area contributed by atoms with Gasteiger partial charge in [0, 0.05) is 6.20 Å². The first-order valence-corrected chi connectivity index (χ1v) is 7.20. The molecule has 2 fully saturated rings. The van der Waals surface area contributed by atoms with Crippen molar-refractivity contribution in [3.05, 3.63) is 23.9 Å². The second-order valence-electron chi connectivity index (χ2n) is 6.73. The van der Waals surface area contributed by atoms with Crippen molar-refractivity contribution in [2.75, 3.05) is 0 Å². The van der Waals surface area contributed by atoms with E-state index in [4.69, 9.17) is 9.31 Å². The maximum Gasteiger partial charge on any atom is 0.514 e. The van der Waals surface area contributed by atoms with Crippen molar-refractivity contribution >= 4 is 12.7 Å². The summed E-state index contributed by atoms with van der Waals surface area (Å²) >= 11 is 0. The molecule has 1 aliphatic carbocycles. The summed E-state index contributed by atoms with van der Waals surface area (Å²) in [6.45, 7) is 8.29. The zero-order valence-corrected chi connectivity index (χ0v) is 12.3. The van der Waals surface area contributed by atoms with E-state index in [-0.39, 0.29) is 18.3 Å². The maximum atomic E-state index is 6.05. The van der Waals surface area contributed by atoms with Crippen LogP contribution in [0.1, 0.15) is 58.4 Å². The Morgan fingerprint density at radius 2 is 1.79 bits per heavy atom.